The van der Waals surface area contributed by atoms with E-state index in [1.165, 1.54) is 11.3 Å². The van der Waals surface area contributed by atoms with Gasteiger partial charge in [-0.1, -0.05) is 6.07 Å². The molecule has 1 heterocycles. The van der Waals surface area contributed by atoms with E-state index in [1.54, 1.807) is 18.7 Å². The third kappa shape index (κ3) is 3.24. The number of ether oxygens (including phenoxy) is 1. The first-order chi connectivity index (χ1) is 9.11. The van der Waals surface area contributed by atoms with Gasteiger partial charge in [0, 0.05) is 10.9 Å². The molecule has 0 amide bonds. The summed E-state index contributed by atoms with van der Waals surface area (Å²) >= 11 is 4.85. The van der Waals surface area contributed by atoms with Gasteiger partial charge in [-0.15, -0.1) is 11.3 Å². The fraction of sp³-hybridized carbons (Fsp3) is 0.167. The number of anilines is 2. The Morgan fingerprint density at radius 1 is 1.53 bits per heavy atom. The molecular formula is C12H13BrN4OS. The summed E-state index contributed by atoms with van der Waals surface area (Å²) in [4.78, 5) is 4.06. The molecule has 5 nitrogen and oxygen atoms in total. The number of rotatable bonds is 4. The number of methoxy groups -OCH3 is 1. The number of nitrogens with zero attached hydrogens (tertiary/aromatic N) is 2. The van der Waals surface area contributed by atoms with Crippen molar-refractivity contribution in [1.29, 1.82) is 0 Å². The van der Waals surface area contributed by atoms with Crippen LogP contribution < -0.4 is 15.9 Å². The van der Waals surface area contributed by atoms with Gasteiger partial charge >= 0.3 is 0 Å². The van der Waals surface area contributed by atoms with E-state index < -0.39 is 0 Å². The molecule has 19 heavy (non-hydrogen) atoms. The Bertz CT molecular complexity index is 612. The number of halogens is 1. The topological polar surface area (TPSA) is 72.5 Å². The van der Waals surface area contributed by atoms with Crippen LogP contribution in [-0.2, 0) is 0 Å². The number of nitrogen functional groups attached to an aromatic ring is 1. The minimum atomic E-state index is 0.485. The number of hydrogen-bond donors (Lipinski definition) is 2. The van der Waals surface area contributed by atoms with Crippen LogP contribution in [0.25, 0.3) is 0 Å². The summed E-state index contributed by atoms with van der Waals surface area (Å²) in [5.74, 6) is 1.24. The average Bonchev–Trinajstić information content (AvgIpc) is 2.79. The molecule has 0 aliphatic rings. The zero-order chi connectivity index (χ0) is 13.8. The lowest BCUT2D eigenvalue weighted by molar-refractivity contribution is 0.411. The number of nitrogens with two attached hydrogens (primary N) is 1. The Balaban J connectivity index is 2.20. The minimum Gasteiger partial charge on any atom is -0.495 e. The molecule has 0 spiro atoms. The maximum Gasteiger partial charge on any atom is 0.205 e. The first-order valence-corrected chi connectivity index (χ1v) is 7.12. The van der Waals surface area contributed by atoms with Crippen LogP contribution >= 0.6 is 27.3 Å². The summed E-state index contributed by atoms with van der Waals surface area (Å²) in [7, 11) is 1.63. The molecular weight excluding hydrogens is 328 g/mol. The van der Waals surface area contributed by atoms with Crippen molar-refractivity contribution >= 4 is 44.4 Å². The number of nitrogens with one attached hydrogen (secondary N) is 1. The molecule has 0 saturated heterocycles. The van der Waals surface area contributed by atoms with Gasteiger partial charge in [0.05, 0.1) is 17.8 Å². The number of hydrazone groups is 1. The smallest absolute Gasteiger partial charge is 0.205 e. The Morgan fingerprint density at radius 3 is 2.95 bits per heavy atom. The van der Waals surface area contributed by atoms with Gasteiger partial charge in [0.25, 0.3) is 0 Å². The second kappa shape index (κ2) is 6.03. The summed E-state index contributed by atoms with van der Waals surface area (Å²) in [6, 6.07) is 3.94. The fourth-order valence-electron chi connectivity index (χ4n) is 1.53. The highest BCUT2D eigenvalue weighted by Gasteiger charge is 2.08. The summed E-state index contributed by atoms with van der Waals surface area (Å²) in [5, 5.41) is 6.56. The SMILES string of the molecule is COc1c(Br)ccc(C)c1C=NNc1nc(N)cs1. The van der Waals surface area contributed by atoms with Crippen LogP contribution in [0.4, 0.5) is 10.9 Å². The quantitative estimate of drug-likeness (QED) is 0.661. The van der Waals surface area contributed by atoms with Crippen LogP contribution in [0.2, 0.25) is 0 Å². The maximum atomic E-state index is 5.53. The van der Waals surface area contributed by atoms with Gasteiger partial charge in [0.15, 0.2) is 0 Å². The van der Waals surface area contributed by atoms with E-state index in [1.807, 2.05) is 19.1 Å². The monoisotopic (exact) mass is 340 g/mol. The van der Waals surface area contributed by atoms with Crippen LogP contribution in [0.1, 0.15) is 11.1 Å². The Morgan fingerprint density at radius 2 is 2.32 bits per heavy atom. The van der Waals surface area contributed by atoms with Gasteiger partial charge < -0.3 is 10.5 Å². The van der Waals surface area contributed by atoms with Crippen LogP contribution in [-0.4, -0.2) is 18.3 Å². The van der Waals surface area contributed by atoms with Crippen molar-refractivity contribution in [3.8, 4) is 5.75 Å². The van der Waals surface area contributed by atoms with Gasteiger partial charge in [-0.05, 0) is 34.5 Å². The van der Waals surface area contributed by atoms with Crippen molar-refractivity contribution in [2.45, 2.75) is 6.92 Å². The summed E-state index contributed by atoms with van der Waals surface area (Å²) in [5.41, 5.74) is 10.4. The summed E-state index contributed by atoms with van der Waals surface area (Å²) < 4.78 is 6.25. The highest BCUT2D eigenvalue weighted by atomic mass is 79.9. The third-order valence-electron chi connectivity index (χ3n) is 2.45. The second-order valence-electron chi connectivity index (χ2n) is 3.76. The van der Waals surface area contributed by atoms with Crippen molar-refractivity contribution in [2.75, 3.05) is 18.3 Å². The highest BCUT2D eigenvalue weighted by Crippen LogP contribution is 2.30. The average molecular weight is 341 g/mol. The van der Waals surface area contributed by atoms with Crippen molar-refractivity contribution in [2.24, 2.45) is 5.10 Å². The van der Waals surface area contributed by atoms with Crippen LogP contribution in [0.5, 0.6) is 5.75 Å². The van der Waals surface area contributed by atoms with Crippen molar-refractivity contribution < 1.29 is 4.74 Å². The van der Waals surface area contributed by atoms with Gasteiger partial charge in [-0.3, -0.25) is 5.43 Å². The molecule has 0 aliphatic carbocycles. The first-order valence-electron chi connectivity index (χ1n) is 5.45. The molecule has 0 unspecified atom stereocenters. The molecule has 0 atom stereocenters. The van der Waals surface area contributed by atoms with E-state index >= 15 is 0 Å². The molecule has 2 rings (SSSR count). The summed E-state index contributed by atoms with van der Waals surface area (Å²) in [6.07, 6.45) is 1.70. The number of hydrogen-bond acceptors (Lipinski definition) is 6. The highest BCUT2D eigenvalue weighted by molar-refractivity contribution is 9.10. The standard InChI is InChI=1S/C12H13BrN4OS/c1-7-3-4-9(13)11(18-2)8(7)5-15-17-12-16-10(14)6-19-12/h3-6H,14H2,1-2H3,(H,16,17). The van der Waals surface area contributed by atoms with Crippen molar-refractivity contribution in [3.05, 3.63) is 33.1 Å². The van der Waals surface area contributed by atoms with E-state index in [2.05, 4.69) is 31.4 Å². The second-order valence-corrected chi connectivity index (χ2v) is 5.47. The molecule has 1 aromatic carbocycles. The molecule has 7 heteroatoms. The molecule has 0 bridgehead atoms. The number of aryl methyl sites for hydroxylation is 1. The predicted octanol–water partition coefficient (Wildman–Crippen LogP) is 3.25. The largest absolute Gasteiger partial charge is 0.495 e. The normalized spacial score (nSPS) is 10.9. The minimum absolute atomic E-state index is 0.485. The fourth-order valence-corrected chi connectivity index (χ4v) is 2.59. The summed E-state index contributed by atoms with van der Waals surface area (Å²) in [6.45, 7) is 2.00. The van der Waals surface area contributed by atoms with Crippen LogP contribution in [0.3, 0.4) is 0 Å². The number of benzene rings is 1. The van der Waals surface area contributed by atoms with Gasteiger partial charge in [-0.2, -0.15) is 5.10 Å². The molecule has 100 valence electrons. The third-order valence-corrected chi connectivity index (χ3v) is 3.84. The van der Waals surface area contributed by atoms with E-state index in [4.69, 9.17) is 10.5 Å². The lowest BCUT2D eigenvalue weighted by Gasteiger charge is -2.09. The molecule has 2 aromatic rings. The Labute approximate surface area is 123 Å². The van der Waals surface area contributed by atoms with E-state index in [0.29, 0.717) is 10.9 Å². The Hall–Kier alpha value is -1.60. The zero-order valence-corrected chi connectivity index (χ0v) is 12.9. The van der Waals surface area contributed by atoms with Gasteiger partial charge in [0.1, 0.15) is 11.6 Å². The van der Waals surface area contributed by atoms with Crippen molar-refractivity contribution in [1.82, 2.24) is 4.98 Å². The molecule has 0 fully saturated rings. The number of thiazole rings is 1. The first kappa shape index (κ1) is 13.8. The van der Waals surface area contributed by atoms with E-state index in [-0.39, 0.29) is 0 Å². The Kier molecular flexibility index (Phi) is 4.39. The van der Waals surface area contributed by atoms with Crippen LogP contribution in [0.15, 0.2) is 27.1 Å². The van der Waals surface area contributed by atoms with Crippen molar-refractivity contribution in [3.63, 3.8) is 0 Å². The lowest BCUT2D eigenvalue weighted by atomic mass is 10.1. The maximum absolute atomic E-state index is 5.53. The molecule has 3 N–H and O–H groups in total. The molecule has 1 aromatic heterocycles. The van der Waals surface area contributed by atoms with Gasteiger partial charge in [-0.25, -0.2) is 4.98 Å². The van der Waals surface area contributed by atoms with E-state index in [0.717, 1.165) is 21.3 Å². The van der Waals surface area contributed by atoms with Crippen LogP contribution in [0, 0.1) is 6.92 Å². The predicted molar refractivity (Wildman–Crippen MR) is 83.2 cm³/mol. The number of aromatic nitrogens is 1. The van der Waals surface area contributed by atoms with E-state index in [9.17, 15) is 0 Å². The zero-order valence-electron chi connectivity index (χ0n) is 10.5. The van der Waals surface area contributed by atoms with Gasteiger partial charge in [0.2, 0.25) is 5.13 Å². The molecule has 0 aliphatic heterocycles. The molecule has 0 radical (unpaired) electrons. The molecule has 0 saturated carbocycles. The lowest BCUT2D eigenvalue weighted by Crippen LogP contribution is -1.97.